The number of hydrogen-bond donors (Lipinski definition) is 2. The maximum absolute atomic E-state index is 12.5. The third-order valence-electron chi connectivity index (χ3n) is 4.68. The lowest BCUT2D eigenvalue weighted by atomic mass is 9.95. The van der Waals surface area contributed by atoms with Crippen LogP contribution in [0.5, 0.6) is 0 Å². The summed E-state index contributed by atoms with van der Waals surface area (Å²) in [5.74, 6) is -0.446. The highest BCUT2D eigenvalue weighted by atomic mass is 35.5. The van der Waals surface area contributed by atoms with E-state index >= 15 is 0 Å². The van der Waals surface area contributed by atoms with Crippen molar-refractivity contribution in [3.05, 3.63) is 61.1 Å². The number of nitro groups is 1. The van der Waals surface area contributed by atoms with Crippen LogP contribution in [0.15, 0.2) is 30.3 Å². The molecule has 2 aromatic carbocycles. The van der Waals surface area contributed by atoms with Crippen molar-refractivity contribution in [2.75, 3.05) is 10.6 Å². The molecule has 1 aliphatic carbocycles. The Labute approximate surface area is 177 Å². The van der Waals surface area contributed by atoms with E-state index in [2.05, 4.69) is 10.6 Å². The molecule has 0 saturated heterocycles. The molecule has 0 aliphatic heterocycles. The van der Waals surface area contributed by atoms with E-state index < -0.39 is 10.8 Å². The van der Waals surface area contributed by atoms with Gasteiger partial charge in [-0.3, -0.25) is 14.9 Å². The minimum atomic E-state index is -0.485. The van der Waals surface area contributed by atoms with Gasteiger partial charge in [0.1, 0.15) is 5.69 Å². The summed E-state index contributed by atoms with van der Waals surface area (Å²) in [7, 11) is 0. The summed E-state index contributed by atoms with van der Waals surface area (Å²) in [6, 6.07) is 7.41. The Morgan fingerprint density at radius 3 is 2.32 bits per heavy atom. The molecule has 0 aromatic heterocycles. The quantitative estimate of drug-likeness (QED) is 0.406. The van der Waals surface area contributed by atoms with Gasteiger partial charge in [0, 0.05) is 17.7 Å². The molecule has 2 N–H and O–H groups in total. The summed E-state index contributed by atoms with van der Waals surface area (Å²) < 4.78 is 0. The molecule has 9 heteroatoms. The van der Waals surface area contributed by atoms with E-state index in [-0.39, 0.29) is 27.5 Å². The zero-order valence-electron chi connectivity index (χ0n) is 14.8. The van der Waals surface area contributed by atoms with Crippen LogP contribution in [-0.2, 0) is 0 Å². The van der Waals surface area contributed by atoms with Crippen molar-refractivity contribution in [1.82, 2.24) is 0 Å². The van der Waals surface area contributed by atoms with Crippen LogP contribution >= 0.6 is 34.8 Å². The summed E-state index contributed by atoms with van der Waals surface area (Å²) in [5, 5.41) is 18.0. The fourth-order valence-corrected chi connectivity index (χ4v) is 3.73. The van der Waals surface area contributed by atoms with Gasteiger partial charge >= 0.3 is 0 Å². The van der Waals surface area contributed by atoms with Gasteiger partial charge < -0.3 is 10.6 Å². The van der Waals surface area contributed by atoms with Crippen LogP contribution in [0.2, 0.25) is 15.1 Å². The van der Waals surface area contributed by atoms with Gasteiger partial charge in [0.05, 0.1) is 25.7 Å². The minimum Gasteiger partial charge on any atom is -0.377 e. The molecular formula is C19H18Cl3N3O3. The smallest absolute Gasteiger partial charge is 0.293 e. The van der Waals surface area contributed by atoms with Gasteiger partial charge in [-0.1, -0.05) is 54.1 Å². The van der Waals surface area contributed by atoms with E-state index in [4.69, 9.17) is 34.8 Å². The van der Waals surface area contributed by atoms with Gasteiger partial charge in [-0.15, -0.1) is 0 Å². The molecule has 6 nitrogen and oxygen atoms in total. The van der Waals surface area contributed by atoms with Crippen LogP contribution in [0.3, 0.4) is 0 Å². The Morgan fingerprint density at radius 2 is 1.68 bits per heavy atom. The Hall–Kier alpha value is -2.02. The van der Waals surface area contributed by atoms with Crippen molar-refractivity contribution in [3.8, 4) is 0 Å². The molecule has 0 radical (unpaired) electrons. The predicted octanol–water partition coefficient (Wildman–Crippen LogP) is 6.55. The molecule has 3 rings (SSSR count). The molecule has 1 saturated carbocycles. The number of anilines is 2. The van der Waals surface area contributed by atoms with Crippen LogP contribution < -0.4 is 10.6 Å². The summed E-state index contributed by atoms with van der Waals surface area (Å²) in [6.45, 7) is 0. The van der Waals surface area contributed by atoms with Crippen molar-refractivity contribution >= 4 is 57.8 Å². The van der Waals surface area contributed by atoms with Gasteiger partial charge in [0.2, 0.25) is 0 Å². The molecule has 0 atom stereocenters. The normalized spacial score (nSPS) is 14.5. The lowest BCUT2D eigenvalue weighted by molar-refractivity contribution is -0.384. The SMILES string of the molecule is O=C(Nc1cc(NC2CCCCC2)c([N+](=O)[O-])cc1Cl)c1ccc(Cl)c(Cl)c1. The maximum atomic E-state index is 12.5. The zero-order valence-corrected chi connectivity index (χ0v) is 17.1. The first-order valence-corrected chi connectivity index (χ1v) is 9.99. The first kappa shape index (κ1) is 20.7. The second kappa shape index (κ2) is 8.99. The molecule has 1 amide bonds. The van der Waals surface area contributed by atoms with E-state index in [1.165, 1.54) is 36.8 Å². The monoisotopic (exact) mass is 441 g/mol. The number of benzene rings is 2. The Balaban J connectivity index is 1.87. The number of nitrogens with one attached hydrogen (secondary N) is 2. The number of hydrogen-bond acceptors (Lipinski definition) is 4. The predicted molar refractivity (Wildman–Crippen MR) is 113 cm³/mol. The number of carbonyl (C=O) groups excluding carboxylic acids is 1. The molecule has 148 valence electrons. The number of carbonyl (C=O) groups is 1. The Morgan fingerprint density at radius 1 is 0.964 bits per heavy atom. The molecule has 0 spiro atoms. The van der Waals surface area contributed by atoms with Crippen molar-refractivity contribution in [2.45, 2.75) is 38.1 Å². The number of amides is 1. The number of nitro benzene ring substituents is 1. The van der Waals surface area contributed by atoms with E-state index in [0.717, 1.165) is 25.7 Å². The zero-order chi connectivity index (χ0) is 20.3. The van der Waals surface area contributed by atoms with E-state index in [1.807, 2.05) is 0 Å². The van der Waals surface area contributed by atoms with E-state index in [0.29, 0.717) is 16.3 Å². The van der Waals surface area contributed by atoms with E-state index in [1.54, 1.807) is 0 Å². The molecule has 28 heavy (non-hydrogen) atoms. The second-order valence-corrected chi connectivity index (χ2v) is 7.89. The van der Waals surface area contributed by atoms with Gasteiger partial charge in [-0.25, -0.2) is 0 Å². The lowest BCUT2D eigenvalue weighted by Gasteiger charge is -2.24. The average molecular weight is 443 g/mol. The summed E-state index contributed by atoms with van der Waals surface area (Å²) in [4.78, 5) is 23.5. The standard InChI is InChI=1S/C19H18Cl3N3O3/c20-13-7-6-11(8-14(13)21)19(26)24-16-10-17(18(25(27)28)9-15(16)22)23-12-4-2-1-3-5-12/h6-10,12,23H,1-5H2,(H,24,26). The average Bonchev–Trinajstić information content (AvgIpc) is 2.67. The van der Waals surface area contributed by atoms with Crippen molar-refractivity contribution in [1.29, 1.82) is 0 Å². The highest BCUT2D eigenvalue weighted by molar-refractivity contribution is 6.42. The van der Waals surface area contributed by atoms with Crippen LogP contribution in [-0.4, -0.2) is 16.9 Å². The third-order valence-corrected chi connectivity index (χ3v) is 5.73. The van der Waals surface area contributed by atoms with Crippen molar-refractivity contribution in [3.63, 3.8) is 0 Å². The molecule has 0 heterocycles. The summed E-state index contributed by atoms with van der Waals surface area (Å²) in [5.41, 5.74) is 0.793. The summed E-state index contributed by atoms with van der Waals surface area (Å²) >= 11 is 18.0. The number of halogens is 3. The van der Waals surface area contributed by atoms with Crippen LogP contribution in [0.4, 0.5) is 17.1 Å². The second-order valence-electron chi connectivity index (χ2n) is 6.67. The summed E-state index contributed by atoms with van der Waals surface area (Å²) in [6.07, 6.45) is 5.24. The topological polar surface area (TPSA) is 84.3 Å². The molecule has 0 unspecified atom stereocenters. The third kappa shape index (κ3) is 4.87. The van der Waals surface area contributed by atoms with Crippen LogP contribution in [0, 0.1) is 10.1 Å². The molecule has 2 aromatic rings. The van der Waals surface area contributed by atoms with Gasteiger partial charge in [0.15, 0.2) is 0 Å². The van der Waals surface area contributed by atoms with Crippen molar-refractivity contribution in [2.24, 2.45) is 0 Å². The highest BCUT2D eigenvalue weighted by Gasteiger charge is 2.22. The van der Waals surface area contributed by atoms with Gasteiger partial charge in [-0.2, -0.15) is 0 Å². The fraction of sp³-hybridized carbons (Fsp3) is 0.316. The van der Waals surface area contributed by atoms with Gasteiger partial charge in [0.25, 0.3) is 11.6 Å². The number of rotatable bonds is 5. The lowest BCUT2D eigenvalue weighted by Crippen LogP contribution is -2.23. The van der Waals surface area contributed by atoms with Gasteiger partial charge in [-0.05, 0) is 37.1 Å². The minimum absolute atomic E-state index is 0.0781. The maximum Gasteiger partial charge on any atom is 0.293 e. The Bertz CT molecular complexity index is 915. The molecular weight excluding hydrogens is 425 g/mol. The highest BCUT2D eigenvalue weighted by Crippen LogP contribution is 2.36. The largest absolute Gasteiger partial charge is 0.377 e. The van der Waals surface area contributed by atoms with Crippen LogP contribution in [0.1, 0.15) is 42.5 Å². The molecule has 1 aliphatic rings. The molecule has 1 fully saturated rings. The number of nitrogens with zero attached hydrogens (tertiary/aromatic N) is 1. The van der Waals surface area contributed by atoms with Crippen LogP contribution in [0.25, 0.3) is 0 Å². The molecule has 0 bridgehead atoms. The first-order valence-electron chi connectivity index (χ1n) is 8.86. The van der Waals surface area contributed by atoms with E-state index in [9.17, 15) is 14.9 Å². The fourth-order valence-electron chi connectivity index (χ4n) is 3.22. The Kier molecular flexibility index (Phi) is 6.65. The van der Waals surface area contributed by atoms with Crippen molar-refractivity contribution < 1.29 is 9.72 Å². The first-order chi connectivity index (χ1) is 13.3.